The SMILES string of the molecule is CC(C)c1ccc(Cn2ccc3nc(-c4cccc(F)c4F)nc-3c2)cc1. The van der Waals surface area contributed by atoms with Crippen molar-refractivity contribution in [3.8, 4) is 22.8 Å². The summed E-state index contributed by atoms with van der Waals surface area (Å²) in [6, 6.07) is 14.4. The Morgan fingerprint density at radius 2 is 1.67 bits per heavy atom. The molecule has 2 heterocycles. The molecule has 0 unspecified atom stereocenters. The minimum absolute atomic E-state index is 0.0713. The van der Waals surface area contributed by atoms with Crippen LogP contribution < -0.4 is 0 Å². The Kier molecular flexibility index (Phi) is 4.44. The van der Waals surface area contributed by atoms with E-state index in [2.05, 4.69) is 48.1 Å². The average molecular weight is 363 g/mol. The highest BCUT2D eigenvalue weighted by Crippen LogP contribution is 2.27. The number of nitrogens with zero attached hydrogens (tertiary/aromatic N) is 3. The van der Waals surface area contributed by atoms with Crippen molar-refractivity contribution in [1.82, 2.24) is 14.5 Å². The van der Waals surface area contributed by atoms with E-state index in [1.54, 1.807) is 0 Å². The second kappa shape index (κ2) is 6.91. The third-order valence-corrected chi connectivity index (χ3v) is 4.63. The normalized spacial score (nSPS) is 11.4. The molecule has 0 saturated heterocycles. The van der Waals surface area contributed by atoms with Crippen LogP contribution >= 0.6 is 0 Å². The summed E-state index contributed by atoms with van der Waals surface area (Å²) in [4.78, 5) is 8.72. The van der Waals surface area contributed by atoms with Crippen molar-refractivity contribution in [2.75, 3.05) is 0 Å². The second-order valence-electron chi connectivity index (χ2n) is 6.93. The third kappa shape index (κ3) is 3.45. The van der Waals surface area contributed by atoms with E-state index in [1.165, 1.54) is 23.3 Å². The van der Waals surface area contributed by atoms with Crippen LogP contribution in [0.15, 0.2) is 60.9 Å². The number of imidazole rings is 1. The minimum Gasteiger partial charge on any atom is -0.348 e. The number of benzene rings is 2. The third-order valence-electron chi connectivity index (χ3n) is 4.63. The van der Waals surface area contributed by atoms with Crippen LogP contribution in [0.2, 0.25) is 0 Å². The Bertz CT molecular complexity index is 1050. The molecule has 0 saturated carbocycles. The predicted octanol–water partition coefficient (Wildman–Crippen LogP) is 5.50. The Morgan fingerprint density at radius 3 is 2.41 bits per heavy atom. The Morgan fingerprint density at radius 1 is 0.926 bits per heavy atom. The first-order valence-electron chi connectivity index (χ1n) is 8.88. The lowest BCUT2D eigenvalue weighted by atomic mass is 10.0. The number of pyridine rings is 1. The molecule has 2 aromatic rings. The highest BCUT2D eigenvalue weighted by atomic mass is 19.2. The Balaban J connectivity index is 1.63. The van der Waals surface area contributed by atoms with Gasteiger partial charge in [-0.25, -0.2) is 18.7 Å². The number of fused-ring (bicyclic) bond motifs is 1. The quantitative estimate of drug-likeness (QED) is 0.479. The van der Waals surface area contributed by atoms with Gasteiger partial charge in [-0.3, -0.25) is 0 Å². The predicted molar refractivity (Wildman–Crippen MR) is 102 cm³/mol. The summed E-state index contributed by atoms with van der Waals surface area (Å²) < 4.78 is 29.5. The zero-order chi connectivity index (χ0) is 19.0. The summed E-state index contributed by atoms with van der Waals surface area (Å²) in [6.07, 6.45) is 3.79. The lowest BCUT2D eigenvalue weighted by molar-refractivity contribution is 0.510. The first-order valence-corrected chi connectivity index (χ1v) is 8.88. The average Bonchev–Trinajstić information content (AvgIpc) is 3.07. The summed E-state index contributed by atoms with van der Waals surface area (Å²) in [6.45, 7) is 5.04. The van der Waals surface area contributed by atoms with Gasteiger partial charge in [0, 0.05) is 18.9 Å². The maximum atomic E-state index is 14.0. The number of hydrogen-bond acceptors (Lipinski definition) is 2. The maximum absolute atomic E-state index is 14.0. The van der Waals surface area contributed by atoms with Gasteiger partial charge in [0.1, 0.15) is 5.69 Å². The molecule has 2 aliphatic rings. The molecular formula is C22H19F2N3. The standard InChI is InChI=1S/C22H19F2N3/c1-14(2)16-8-6-15(7-9-16)12-27-11-10-19-20(13-27)26-22(25-19)17-4-3-5-18(23)21(17)24/h3-11,13-14H,12H2,1-2H3. The van der Waals surface area contributed by atoms with Gasteiger partial charge in [-0.05, 0) is 35.2 Å². The van der Waals surface area contributed by atoms with Crippen molar-refractivity contribution in [2.45, 2.75) is 26.3 Å². The van der Waals surface area contributed by atoms with E-state index < -0.39 is 11.6 Å². The molecule has 0 aliphatic carbocycles. The van der Waals surface area contributed by atoms with Crippen LogP contribution in [0.4, 0.5) is 8.78 Å². The molecule has 0 spiro atoms. The van der Waals surface area contributed by atoms with Crippen LogP contribution in [-0.2, 0) is 6.54 Å². The van der Waals surface area contributed by atoms with Crippen molar-refractivity contribution in [2.24, 2.45) is 0 Å². The van der Waals surface area contributed by atoms with Crippen molar-refractivity contribution in [1.29, 1.82) is 0 Å². The van der Waals surface area contributed by atoms with Gasteiger partial charge in [0.25, 0.3) is 0 Å². The molecule has 2 aromatic carbocycles. The van der Waals surface area contributed by atoms with E-state index in [4.69, 9.17) is 0 Å². The number of rotatable bonds is 4. The fraction of sp³-hybridized carbons (Fsp3) is 0.182. The number of aromatic nitrogens is 3. The molecule has 3 nitrogen and oxygen atoms in total. The Labute approximate surface area is 156 Å². The van der Waals surface area contributed by atoms with E-state index in [0.717, 1.165) is 6.07 Å². The monoisotopic (exact) mass is 363 g/mol. The van der Waals surface area contributed by atoms with Crippen LogP contribution in [-0.4, -0.2) is 14.5 Å². The van der Waals surface area contributed by atoms with Gasteiger partial charge in [0.15, 0.2) is 17.5 Å². The molecule has 5 heteroatoms. The van der Waals surface area contributed by atoms with E-state index in [1.807, 2.05) is 23.0 Å². The van der Waals surface area contributed by atoms with Crippen LogP contribution in [0.3, 0.4) is 0 Å². The summed E-state index contributed by atoms with van der Waals surface area (Å²) in [5.74, 6) is -1.13. The van der Waals surface area contributed by atoms with E-state index >= 15 is 0 Å². The molecule has 0 fully saturated rings. The molecule has 0 atom stereocenters. The molecule has 0 N–H and O–H groups in total. The van der Waals surface area contributed by atoms with Crippen molar-refractivity contribution in [3.05, 3.63) is 83.7 Å². The summed E-state index contributed by atoms with van der Waals surface area (Å²) >= 11 is 0. The van der Waals surface area contributed by atoms with Gasteiger partial charge in [-0.15, -0.1) is 0 Å². The summed E-state index contributed by atoms with van der Waals surface area (Å²) in [5.41, 5.74) is 3.86. The van der Waals surface area contributed by atoms with Gasteiger partial charge in [0.05, 0.1) is 11.3 Å². The molecule has 27 heavy (non-hydrogen) atoms. The highest BCUT2D eigenvalue weighted by molar-refractivity contribution is 5.66. The van der Waals surface area contributed by atoms with Gasteiger partial charge in [-0.1, -0.05) is 44.2 Å². The van der Waals surface area contributed by atoms with E-state index in [9.17, 15) is 8.78 Å². The lowest BCUT2D eigenvalue weighted by Crippen LogP contribution is -2.01. The minimum atomic E-state index is -0.925. The van der Waals surface area contributed by atoms with E-state index in [-0.39, 0.29) is 11.4 Å². The smallest absolute Gasteiger partial charge is 0.169 e. The molecular weight excluding hydrogens is 344 g/mol. The van der Waals surface area contributed by atoms with Gasteiger partial charge < -0.3 is 4.57 Å². The molecule has 0 radical (unpaired) electrons. The van der Waals surface area contributed by atoms with Crippen molar-refractivity contribution < 1.29 is 8.78 Å². The van der Waals surface area contributed by atoms with Gasteiger partial charge in [-0.2, -0.15) is 0 Å². The molecule has 0 aromatic heterocycles. The zero-order valence-electron chi connectivity index (χ0n) is 15.2. The van der Waals surface area contributed by atoms with E-state index in [0.29, 0.717) is 23.9 Å². The molecule has 0 amide bonds. The highest BCUT2D eigenvalue weighted by Gasteiger charge is 2.17. The molecule has 0 bridgehead atoms. The second-order valence-corrected chi connectivity index (χ2v) is 6.93. The van der Waals surface area contributed by atoms with Crippen LogP contribution in [0, 0.1) is 11.6 Å². The largest absolute Gasteiger partial charge is 0.348 e. The molecule has 2 aliphatic heterocycles. The van der Waals surface area contributed by atoms with Gasteiger partial charge >= 0.3 is 0 Å². The van der Waals surface area contributed by atoms with Crippen LogP contribution in [0.5, 0.6) is 0 Å². The number of hydrogen-bond donors (Lipinski definition) is 0. The fourth-order valence-corrected chi connectivity index (χ4v) is 3.07. The Hall–Kier alpha value is -3.08. The van der Waals surface area contributed by atoms with Crippen molar-refractivity contribution in [3.63, 3.8) is 0 Å². The summed E-state index contributed by atoms with van der Waals surface area (Å²) in [7, 11) is 0. The topological polar surface area (TPSA) is 30.7 Å². The van der Waals surface area contributed by atoms with Crippen LogP contribution in [0.25, 0.3) is 22.8 Å². The first kappa shape index (κ1) is 17.3. The summed E-state index contributed by atoms with van der Waals surface area (Å²) in [5, 5.41) is 0. The maximum Gasteiger partial charge on any atom is 0.169 e. The van der Waals surface area contributed by atoms with Crippen molar-refractivity contribution >= 4 is 0 Å². The van der Waals surface area contributed by atoms with Gasteiger partial charge in [0.2, 0.25) is 0 Å². The van der Waals surface area contributed by atoms with Crippen LogP contribution in [0.1, 0.15) is 30.9 Å². The zero-order valence-corrected chi connectivity index (χ0v) is 15.2. The first-order chi connectivity index (χ1) is 13.0. The molecule has 4 rings (SSSR count). The fourth-order valence-electron chi connectivity index (χ4n) is 3.07. The number of halogens is 2. The lowest BCUT2D eigenvalue weighted by Gasteiger charge is -2.10. The molecule has 136 valence electrons.